The van der Waals surface area contributed by atoms with E-state index in [4.69, 9.17) is 5.11 Å². The normalized spacial score (nSPS) is 19.8. The number of aromatic nitrogens is 1. The van der Waals surface area contributed by atoms with E-state index in [1.54, 1.807) is 45.9 Å². The van der Waals surface area contributed by atoms with E-state index < -0.39 is 16.0 Å². The van der Waals surface area contributed by atoms with E-state index in [1.165, 1.54) is 6.07 Å². The topological polar surface area (TPSA) is 126 Å². The van der Waals surface area contributed by atoms with Crippen LogP contribution >= 0.6 is 0 Å². The molecule has 1 amide bonds. The third kappa shape index (κ3) is 4.85. The summed E-state index contributed by atoms with van der Waals surface area (Å²) in [5.41, 5.74) is 1.02. The molecule has 1 saturated heterocycles. The second-order valence-corrected chi connectivity index (χ2v) is 10.1. The molecule has 0 spiro atoms. The Labute approximate surface area is 185 Å². The molecule has 32 heavy (non-hydrogen) atoms. The number of carboxylic acids is 1. The number of amides is 1. The molecule has 0 unspecified atom stereocenters. The monoisotopic (exact) mass is 459 g/mol. The van der Waals surface area contributed by atoms with Gasteiger partial charge in [-0.15, -0.1) is 0 Å². The van der Waals surface area contributed by atoms with Gasteiger partial charge in [0.05, 0.1) is 12.2 Å². The molecule has 0 radical (unpaired) electrons. The van der Waals surface area contributed by atoms with Crippen molar-refractivity contribution in [2.45, 2.75) is 37.5 Å². The largest absolute Gasteiger partial charge is 0.481 e. The summed E-state index contributed by atoms with van der Waals surface area (Å²) in [6.45, 7) is 1.28. The predicted octanol–water partition coefficient (Wildman–Crippen LogP) is 1.60. The highest BCUT2D eigenvalue weighted by atomic mass is 32.2. The summed E-state index contributed by atoms with van der Waals surface area (Å²) in [6, 6.07) is 12.0. The molecule has 3 heterocycles. The van der Waals surface area contributed by atoms with Crippen molar-refractivity contribution in [1.82, 2.24) is 9.47 Å². The molecule has 2 aromatic rings. The molecular weight excluding hydrogens is 434 g/mol. The van der Waals surface area contributed by atoms with E-state index in [0.29, 0.717) is 25.2 Å². The van der Waals surface area contributed by atoms with Crippen LogP contribution in [0.25, 0.3) is 0 Å². The lowest BCUT2D eigenvalue weighted by atomic mass is 9.83. The average Bonchev–Trinajstić information content (AvgIpc) is 2.74. The van der Waals surface area contributed by atoms with E-state index in [9.17, 15) is 22.8 Å². The van der Waals surface area contributed by atoms with Crippen LogP contribution in [0.5, 0.6) is 0 Å². The summed E-state index contributed by atoms with van der Waals surface area (Å²) in [4.78, 5) is 37.9. The summed E-state index contributed by atoms with van der Waals surface area (Å²) >= 11 is 0. The maximum Gasteiger partial charge on any atom is 0.303 e. The van der Waals surface area contributed by atoms with Gasteiger partial charge in [0.1, 0.15) is 5.69 Å². The number of fused-ring (bicyclic) bond motifs is 4. The molecule has 10 heteroatoms. The third-order valence-corrected chi connectivity index (χ3v) is 7.22. The molecule has 9 nitrogen and oxygen atoms in total. The molecule has 0 aliphatic carbocycles. The van der Waals surface area contributed by atoms with Crippen LogP contribution < -0.4 is 10.3 Å². The second-order valence-electron chi connectivity index (χ2n) is 8.43. The standard InChI is InChI=1S/C22H25N3O6S/c26-20(8-9-21(27)28)24-11-16-10-17(13-24)19-7-6-18(22(29)25(19)12-16)23-32(30,31)14-15-4-2-1-3-5-15/h1-7,16-17,23H,8-14H2,(H,27,28)/t16-,17-/m1/s1. The fourth-order valence-corrected chi connectivity index (χ4v) is 5.79. The first-order valence-electron chi connectivity index (χ1n) is 10.5. The van der Waals surface area contributed by atoms with Gasteiger partial charge in [0.2, 0.25) is 15.9 Å². The van der Waals surface area contributed by atoms with Crippen molar-refractivity contribution in [2.75, 3.05) is 17.8 Å². The average molecular weight is 460 g/mol. The van der Waals surface area contributed by atoms with Gasteiger partial charge in [-0.1, -0.05) is 30.3 Å². The molecule has 170 valence electrons. The Bertz CT molecular complexity index is 1190. The molecular formula is C22H25N3O6S. The van der Waals surface area contributed by atoms with Crippen LogP contribution in [-0.2, 0) is 31.9 Å². The molecule has 2 atom stereocenters. The van der Waals surface area contributed by atoms with Crippen LogP contribution in [0.1, 0.15) is 36.4 Å². The van der Waals surface area contributed by atoms with Crippen molar-refractivity contribution in [3.8, 4) is 0 Å². The molecule has 2 N–H and O–H groups in total. The Morgan fingerprint density at radius 3 is 2.50 bits per heavy atom. The van der Waals surface area contributed by atoms with Crippen molar-refractivity contribution in [2.24, 2.45) is 5.92 Å². The van der Waals surface area contributed by atoms with E-state index in [-0.39, 0.29) is 47.6 Å². The highest BCUT2D eigenvalue weighted by Gasteiger charge is 2.36. The number of nitrogens with one attached hydrogen (secondary N) is 1. The number of carbonyl (C=O) groups is 2. The zero-order chi connectivity index (χ0) is 22.9. The van der Waals surface area contributed by atoms with Crippen molar-refractivity contribution in [1.29, 1.82) is 0 Å². The predicted molar refractivity (Wildman–Crippen MR) is 118 cm³/mol. The van der Waals surface area contributed by atoms with Gasteiger partial charge in [0.25, 0.3) is 5.56 Å². The Morgan fingerprint density at radius 1 is 1.03 bits per heavy atom. The van der Waals surface area contributed by atoms with Gasteiger partial charge < -0.3 is 14.6 Å². The molecule has 4 rings (SSSR count). The number of anilines is 1. The van der Waals surface area contributed by atoms with Gasteiger partial charge in [0, 0.05) is 37.7 Å². The number of piperidine rings is 1. The first kappa shape index (κ1) is 22.1. The number of pyridine rings is 1. The fraction of sp³-hybridized carbons (Fsp3) is 0.409. The van der Waals surface area contributed by atoms with E-state index >= 15 is 0 Å². The van der Waals surface area contributed by atoms with Crippen molar-refractivity contribution >= 4 is 27.6 Å². The minimum atomic E-state index is -3.75. The lowest BCUT2D eigenvalue weighted by molar-refractivity contribution is -0.141. The Hall–Kier alpha value is -3.14. The van der Waals surface area contributed by atoms with Crippen LogP contribution in [0.15, 0.2) is 47.3 Å². The molecule has 2 aliphatic heterocycles. The lowest BCUT2D eigenvalue weighted by Crippen LogP contribution is -2.49. The molecule has 2 aliphatic rings. The van der Waals surface area contributed by atoms with Gasteiger partial charge in [-0.3, -0.25) is 19.1 Å². The van der Waals surface area contributed by atoms with Crippen LogP contribution in [0, 0.1) is 5.92 Å². The number of benzene rings is 1. The Morgan fingerprint density at radius 2 is 1.78 bits per heavy atom. The van der Waals surface area contributed by atoms with E-state index in [2.05, 4.69) is 4.72 Å². The minimum Gasteiger partial charge on any atom is -0.481 e. The van der Waals surface area contributed by atoms with Crippen LogP contribution in [0.3, 0.4) is 0 Å². The molecule has 1 aromatic carbocycles. The zero-order valence-corrected chi connectivity index (χ0v) is 18.3. The fourth-order valence-electron chi connectivity index (χ4n) is 4.60. The van der Waals surface area contributed by atoms with Gasteiger partial charge >= 0.3 is 5.97 Å². The van der Waals surface area contributed by atoms with Gasteiger partial charge in [0.15, 0.2) is 0 Å². The third-order valence-electron chi connectivity index (χ3n) is 5.97. The molecule has 1 fully saturated rings. The number of carbonyl (C=O) groups excluding carboxylic acids is 1. The highest BCUT2D eigenvalue weighted by Crippen LogP contribution is 2.35. The first-order chi connectivity index (χ1) is 15.2. The zero-order valence-electron chi connectivity index (χ0n) is 17.4. The van der Waals surface area contributed by atoms with Gasteiger partial charge in [-0.2, -0.15) is 0 Å². The summed E-state index contributed by atoms with van der Waals surface area (Å²) in [7, 11) is -3.75. The van der Waals surface area contributed by atoms with E-state index in [1.807, 2.05) is 0 Å². The van der Waals surface area contributed by atoms with E-state index in [0.717, 1.165) is 12.1 Å². The number of hydrogen-bond acceptors (Lipinski definition) is 5. The molecule has 2 bridgehead atoms. The number of likely N-dealkylation sites (tertiary alicyclic amines) is 1. The smallest absolute Gasteiger partial charge is 0.303 e. The maximum atomic E-state index is 13.1. The summed E-state index contributed by atoms with van der Waals surface area (Å²) in [5.74, 6) is -1.41. The molecule has 0 saturated carbocycles. The quantitative estimate of drug-likeness (QED) is 0.648. The van der Waals surface area contributed by atoms with Crippen molar-refractivity contribution in [3.05, 3.63) is 64.1 Å². The number of hydrogen-bond donors (Lipinski definition) is 2. The number of rotatable bonds is 7. The Balaban J connectivity index is 1.51. The lowest BCUT2D eigenvalue weighted by Gasteiger charge is -2.43. The number of carboxylic acid groups (broad SMARTS) is 1. The van der Waals surface area contributed by atoms with Crippen LogP contribution in [0.4, 0.5) is 5.69 Å². The Kier molecular flexibility index (Phi) is 6.05. The van der Waals surface area contributed by atoms with Crippen LogP contribution in [-0.4, -0.2) is 48.0 Å². The molecule has 1 aromatic heterocycles. The second kappa shape index (κ2) is 8.78. The van der Waals surface area contributed by atoms with Gasteiger partial charge in [-0.25, -0.2) is 8.42 Å². The summed E-state index contributed by atoms with van der Waals surface area (Å²) < 4.78 is 29.2. The first-order valence-corrected chi connectivity index (χ1v) is 12.1. The summed E-state index contributed by atoms with van der Waals surface area (Å²) in [6.07, 6.45) is 0.595. The number of aliphatic carboxylic acids is 1. The van der Waals surface area contributed by atoms with Gasteiger partial charge in [-0.05, 0) is 30.0 Å². The maximum absolute atomic E-state index is 13.1. The minimum absolute atomic E-state index is 0.0130. The highest BCUT2D eigenvalue weighted by molar-refractivity contribution is 7.91. The van der Waals surface area contributed by atoms with Crippen LogP contribution in [0.2, 0.25) is 0 Å². The number of nitrogens with zero attached hydrogens (tertiary/aromatic N) is 2. The summed E-state index contributed by atoms with van der Waals surface area (Å²) in [5, 5.41) is 8.81. The van der Waals surface area contributed by atoms with Crippen molar-refractivity contribution < 1.29 is 23.1 Å². The SMILES string of the molecule is O=C(O)CCC(=O)N1C[C@H]2C[C@H](C1)c1ccc(NS(=O)(=O)Cc3ccccc3)c(=O)n1C2. The number of sulfonamides is 1. The van der Waals surface area contributed by atoms with Crippen molar-refractivity contribution in [3.63, 3.8) is 0 Å².